The molecule has 136 valence electrons. The Labute approximate surface area is 160 Å². The number of aliphatic hydroxyl groups is 1. The van der Waals surface area contributed by atoms with Crippen molar-refractivity contribution in [1.29, 1.82) is 0 Å². The Kier molecular flexibility index (Phi) is 5.03. The smallest absolute Gasteiger partial charge is 0.173 e. The zero-order valence-electron chi connectivity index (χ0n) is 14.3. The van der Waals surface area contributed by atoms with E-state index in [1.165, 1.54) is 12.8 Å². The van der Waals surface area contributed by atoms with E-state index in [1.807, 2.05) is 18.2 Å². The van der Waals surface area contributed by atoms with Gasteiger partial charge in [-0.25, -0.2) is 4.98 Å². The molecule has 2 unspecified atom stereocenters. The molecular weight excluding hydrogens is 396 g/mol. The van der Waals surface area contributed by atoms with Gasteiger partial charge in [-0.15, -0.1) is 0 Å². The number of aromatic nitrogens is 4. The average molecular weight is 417 g/mol. The molecule has 0 aliphatic heterocycles. The molecule has 0 bridgehead atoms. The highest BCUT2D eigenvalue weighted by Crippen LogP contribution is 2.29. The zero-order valence-corrected chi connectivity index (χ0v) is 15.9. The predicted molar refractivity (Wildman–Crippen MR) is 105 cm³/mol. The molecule has 1 saturated carbocycles. The van der Waals surface area contributed by atoms with Gasteiger partial charge in [0.1, 0.15) is 11.6 Å². The molecule has 26 heavy (non-hydrogen) atoms. The molecule has 7 nitrogen and oxygen atoms in total. The van der Waals surface area contributed by atoms with E-state index in [2.05, 4.69) is 36.6 Å². The quantitative estimate of drug-likeness (QED) is 0.588. The van der Waals surface area contributed by atoms with Gasteiger partial charge in [0.2, 0.25) is 0 Å². The van der Waals surface area contributed by atoms with Gasteiger partial charge in [0.05, 0.1) is 22.6 Å². The number of nitrogens with zero attached hydrogens (tertiary/aromatic N) is 4. The molecule has 0 radical (unpaired) electrons. The molecule has 1 aliphatic rings. The molecule has 0 spiro atoms. The molecule has 1 aliphatic carbocycles. The van der Waals surface area contributed by atoms with Crippen molar-refractivity contribution in [3.63, 3.8) is 0 Å². The van der Waals surface area contributed by atoms with Gasteiger partial charge in [-0.05, 0) is 40.9 Å². The highest BCUT2D eigenvalue weighted by molar-refractivity contribution is 9.10. The van der Waals surface area contributed by atoms with Crippen LogP contribution in [0.5, 0.6) is 0 Å². The highest BCUT2D eigenvalue weighted by atomic mass is 79.9. The lowest BCUT2D eigenvalue weighted by molar-refractivity contribution is 0.178. The molecule has 8 heteroatoms. The number of hydrogen-bond acceptors (Lipinski definition) is 6. The molecule has 3 N–H and O–H groups in total. The Morgan fingerprint density at radius 3 is 2.96 bits per heavy atom. The van der Waals surface area contributed by atoms with Gasteiger partial charge < -0.3 is 15.7 Å². The first-order valence-electron chi connectivity index (χ1n) is 8.83. The minimum atomic E-state index is 0.205. The predicted octanol–water partition coefficient (Wildman–Crippen LogP) is 3.59. The van der Waals surface area contributed by atoms with Crippen molar-refractivity contribution < 1.29 is 5.11 Å². The fourth-order valence-electron chi connectivity index (χ4n) is 3.49. The van der Waals surface area contributed by atoms with E-state index in [0.29, 0.717) is 0 Å². The number of halogens is 1. The van der Waals surface area contributed by atoms with Crippen LogP contribution in [-0.4, -0.2) is 37.3 Å². The second kappa shape index (κ2) is 7.59. The van der Waals surface area contributed by atoms with Crippen molar-refractivity contribution in [3.05, 3.63) is 41.3 Å². The summed E-state index contributed by atoms with van der Waals surface area (Å²) in [5.41, 5.74) is 1.61. The maximum Gasteiger partial charge on any atom is 0.173 e. The SMILES string of the molecule is OCC1CCCCC1Nc1cc(Nc2cccnc2)n2ncc(Br)c2n1. The Morgan fingerprint density at radius 1 is 1.27 bits per heavy atom. The van der Waals surface area contributed by atoms with Crippen LogP contribution in [0.4, 0.5) is 17.3 Å². The van der Waals surface area contributed by atoms with Crippen molar-refractivity contribution in [2.24, 2.45) is 5.92 Å². The van der Waals surface area contributed by atoms with E-state index in [1.54, 1.807) is 23.1 Å². The molecule has 4 rings (SSSR count). The summed E-state index contributed by atoms with van der Waals surface area (Å²) >= 11 is 3.52. The van der Waals surface area contributed by atoms with Crippen LogP contribution in [0.15, 0.2) is 41.3 Å². The fraction of sp³-hybridized carbons (Fsp3) is 0.389. The normalized spacial score (nSPS) is 20.2. The third-order valence-electron chi connectivity index (χ3n) is 4.84. The number of hydrogen-bond donors (Lipinski definition) is 3. The molecular formula is C18H21BrN6O. The highest BCUT2D eigenvalue weighted by Gasteiger charge is 2.25. The van der Waals surface area contributed by atoms with Gasteiger partial charge in [0, 0.05) is 30.8 Å². The lowest BCUT2D eigenvalue weighted by Crippen LogP contribution is -2.34. The van der Waals surface area contributed by atoms with Crippen molar-refractivity contribution in [1.82, 2.24) is 19.6 Å². The van der Waals surface area contributed by atoms with Crippen LogP contribution in [-0.2, 0) is 0 Å². The minimum absolute atomic E-state index is 0.205. The van der Waals surface area contributed by atoms with E-state index in [9.17, 15) is 5.11 Å². The summed E-state index contributed by atoms with van der Waals surface area (Å²) in [6, 6.07) is 6.01. The lowest BCUT2D eigenvalue weighted by Gasteiger charge is -2.31. The number of pyridine rings is 1. The van der Waals surface area contributed by atoms with Crippen LogP contribution < -0.4 is 10.6 Å². The second-order valence-corrected chi connectivity index (χ2v) is 7.45. The Bertz CT molecular complexity index is 884. The van der Waals surface area contributed by atoms with Gasteiger partial charge in [0.25, 0.3) is 0 Å². The fourth-order valence-corrected chi connectivity index (χ4v) is 3.84. The van der Waals surface area contributed by atoms with E-state index < -0.39 is 0 Å². The molecule has 3 heterocycles. The Hall–Kier alpha value is -2.19. The second-order valence-electron chi connectivity index (χ2n) is 6.60. The van der Waals surface area contributed by atoms with E-state index in [0.717, 1.165) is 40.3 Å². The van der Waals surface area contributed by atoms with Crippen LogP contribution in [0.3, 0.4) is 0 Å². The third kappa shape index (κ3) is 3.52. The van der Waals surface area contributed by atoms with E-state index in [-0.39, 0.29) is 18.6 Å². The first-order valence-corrected chi connectivity index (χ1v) is 9.62. The number of nitrogens with one attached hydrogen (secondary N) is 2. The molecule has 0 saturated heterocycles. The van der Waals surface area contributed by atoms with Gasteiger partial charge in [-0.3, -0.25) is 4.98 Å². The van der Waals surface area contributed by atoms with Crippen molar-refractivity contribution in [3.8, 4) is 0 Å². The summed E-state index contributed by atoms with van der Waals surface area (Å²) in [5.74, 6) is 1.84. The third-order valence-corrected chi connectivity index (χ3v) is 5.40. The minimum Gasteiger partial charge on any atom is -0.396 e. The summed E-state index contributed by atoms with van der Waals surface area (Å²) in [4.78, 5) is 8.85. The van der Waals surface area contributed by atoms with E-state index in [4.69, 9.17) is 4.98 Å². The van der Waals surface area contributed by atoms with Gasteiger partial charge in [-0.1, -0.05) is 12.8 Å². The van der Waals surface area contributed by atoms with E-state index >= 15 is 0 Å². The molecule has 0 amide bonds. The number of aliphatic hydroxyl groups excluding tert-OH is 1. The maximum absolute atomic E-state index is 9.67. The maximum atomic E-state index is 9.67. The monoisotopic (exact) mass is 416 g/mol. The number of anilines is 3. The van der Waals surface area contributed by atoms with Crippen LogP contribution in [0.1, 0.15) is 25.7 Å². The first-order chi connectivity index (χ1) is 12.7. The Balaban J connectivity index is 1.67. The molecule has 3 aromatic heterocycles. The Morgan fingerprint density at radius 2 is 2.15 bits per heavy atom. The summed E-state index contributed by atoms with van der Waals surface area (Å²) in [7, 11) is 0. The topological polar surface area (TPSA) is 87.4 Å². The lowest BCUT2D eigenvalue weighted by atomic mass is 9.85. The summed E-state index contributed by atoms with van der Waals surface area (Å²) in [6.45, 7) is 0.205. The van der Waals surface area contributed by atoms with Crippen molar-refractivity contribution >= 4 is 38.9 Å². The molecule has 0 aromatic carbocycles. The van der Waals surface area contributed by atoms with Gasteiger partial charge in [-0.2, -0.15) is 9.61 Å². The summed E-state index contributed by atoms with van der Waals surface area (Å²) in [5, 5.41) is 20.9. The summed E-state index contributed by atoms with van der Waals surface area (Å²) < 4.78 is 2.59. The largest absolute Gasteiger partial charge is 0.396 e. The van der Waals surface area contributed by atoms with Crippen molar-refractivity contribution in [2.75, 3.05) is 17.2 Å². The van der Waals surface area contributed by atoms with Crippen LogP contribution in [0.25, 0.3) is 5.65 Å². The molecule has 1 fully saturated rings. The number of fused-ring (bicyclic) bond motifs is 1. The molecule has 2 atom stereocenters. The van der Waals surface area contributed by atoms with Gasteiger partial charge >= 0.3 is 0 Å². The molecule has 3 aromatic rings. The zero-order chi connectivity index (χ0) is 17.9. The van der Waals surface area contributed by atoms with Crippen LogP contribution in [0.2, 0.25) is 0 Å². The average Bonchev–Trinajstić information content (AvgIpc) is 3.04. The first kappa shape index (κ1) is 17.2. The number of rotatable bonds is 5. The van der Waals surface area contributed by atoms with Crippen molar-refractivity contribution in [2.45, 2.75) is 31.7 Å². The summed E-state index contributed by atoms with van der Waals surface area (Å²) in [6.07, 6.45) is 9.68. The van der Waals surface area contributed by atoms with Crippen LogP contribution >= 0.6 is 15.9 Å². The van der Waals surface area contributed by atoms with Gasteiger partial charge in [0.15, 0.2) is 5.65 Å². The standard InChI is InChI=1S/C18H21BrN6O/c19-14-10-21-25-17(22-13-5-3-7-20-9-13)8-16(24-18(14)25)23-15-6-2-1-4-12(15)11-26/h3,5,7-10,12,15,22,26H,1-2,4,6,11H2,(H,23,24). The van der Waals surface area contributed by atoms with Crippen LogP contribution in [0, 0.1) is 5.92 Å².